The van der Waals surface area contributed by atoms with E-state index in [0.717, 1.165) is 11.1 Å². The zero-order valence-electron chi connectivity index (χ0n) is 10.3. The zero-order chi connectivity index (χ0) is 14.0. The van der Waals surface area contributed by atoms with Crippen molar-refractivity contribution in [2.45, 2.75) is 13.0 Å². The molecule has 1 unspecified atom stereocenters. The summed E-state index contributed by atoms with van der Waals surface area (Å²) in [6.07, 6.45) is 0. The van der Waals surface area contributed by atoms with Crippen LogP contribution in [0, 0.1) is 12.7 Å². The fourth-order valence-electron chi connectivity index (χ4n) is 1.89. The average molecular weight is 299 g/mol. The van der Waals surface area contributed by atoms with Crippen LogP contribution in [-0.2, 0) is 0 Å². The molecule has 5 heteroatoms. The number of hydrogen-bond acceptors (Lipinski definition) is 2. The number of rotatable bonds is 3. The van der Waals surface area contributed by atoms with E-state index in [0.29, 0.717) is 15.6 Å². The van der Waals surface area contributed by atoms with Crippen LogP contribution >= 0.6 is 23.2 Å². The maximum atomic E-state index is 13.1. The smallest absolute Gasteiger partial charge is 0.124 e. The maximum Gasteiger partial charge on any atom is 0.124 e. The van der Waals surface area contributed by atoms with Gasteiger partial charge >= 0.3 is 0 Å². The summed E-state index contributed by atoms with van der Waals surface area (Å²) in [6, 6.07) is 9.51. The number of aryl methyl sites for hydroxylation is 1. The van der Waals surface area contributed by atoms with Gasteiger partial charge in [-0.1, -0.05) is 41.4 Å². The Labute approximate surface area is 121 Å². The molecule has 0 heterocycles. The fourth-order valence-corrected chi connectivity index (χ4v) is 2.36. The van der Waals surface area contributed by atoms with Gasteiger partial charge in [0.05, 0.1) is 6.04 Å². The van der Waals surface area contributed by atoms with Crippen molar-refractivity contribution < 1.29 is 4.39 Å². The van der Waals surface area contributed by atoms with Crippen LogP contribution in [0.1, 0.15) is 22.7 Å². The highest BCUT2D eigenvalue weighted by Gasteiger charge is 2.16. The minimum absolute atomic E-state index is 0.319. The molecule has 0 radical (unpaired) electrons. The molecule has 0 aliphatic carbocycles. The number of hydrazine groups is 1. The Balaban J connectivity index is 2.46. The zero-order valence-corrected chi connectivity index (χ0v) is 11.8. The van der Waals surface area contributed by atoms with Crippen LogP contribution in [0.2, 0.25) is 10.0 Å². The summed E-state index contributed by atoms with van der Waals surface area (Å²) in [5.74, 6) is 5.20. The lowest BCUT2D eigenvalue weighted by Crippen LogP contribution is -2.29. The van der Waals surface area contributed by atoms with Crippen molar-refractivity contribution in [3.63, 3.8) is 0 Å². The third-order valence-electron chi connectivity index (χ3n) is 2.97. The minimum Gasteiger partial charge on any atom is -0.271 e. The molecule has 0 amide bonds. The first-order valence-corrected chi connectivity index (χ1v) is 6.45. The Morgan fingerprint density at radius 1 is 1.11 bits per heavy atom. The molecule has 2 aromatic carbocycles. The quantitative estimate of drug-likeness (QED) is 0.664. The van der Waals surface area contributed by atoms with E-state index in [1.807, 2.05) is 25.1 Å². The molecule has 2 nitrogen and oxygen atoms in total. The van der Waals surface area contributed by atoms with Gasteiger partial charge in [0.15, 0.2) is 0 Å². The number of nitrogens with one attached hydrogen (secondary N) is 1. The van der Waals surface area contributed by atoms with Crippen LogP contribution in [-0.4, -0.2) is 0 Å². The van der Waals surface area contributed by atoms with Crippen molar-refractivity contribution in [1.29, 1.82) is 0 Å². The summed E-state index contributed by atoms with van der Waals surface area (Å²) in [5, 5.41) is 0.968. The SMILES string of the molecule is Cc1ccc(C(NN)c2ccc(F)cc2Cl)cc1Cl. The van der Waals surface area contributed by atoms with Gasteiger partial charge in [-0.3, -0.25) is 5.84 Å². The van der Waals surface area contributed by atoms with Crippen LogP contribution in [0.4, 0.5) is 4.39 Å². The third-order valence-corrected chi connectivity index (χ3v) is 3.70. The van der Waals surface area contributed by atoms with Gasteiger partial charge in [-0.15, -0.1) is 0 Å². The molecule has 2 rings (SSSR count). The summed E-state index contributed by atoms with van der Waals surface area (Å²) < 4.78 is 13.1. The molecule has 19 heavy (non-hydrogen) atoms. The van der Waals surface area contributed by atoms with Crippen molar-refractivity contribution in [2.24, 2.45) is 5.84 Å². The van der Waals surface area contributed by atoms with E-state index in [-0.39, 0.29) is 11.9 Å². The molecule has 2 aromatic rings. The van der Waals surface area contributed by atoms with Gasteiger partial charge in [-0.25, -0.2) is 9.82 Å². The summed E-state index contributed by atoms with van der Waals surface area (Å²) in [6.45, 7) is 1.92. The lowest BCUT2D eigenvalue weighted by molar-refractivity contribution is 0.615. The number of hydrogen-bond donors (Lipinski definition) is 2. The van der Waals surface area contributed by atoms with E-state index in [4.69, 9.17) is 29.0 Å². The van der Waals surface area contributed by atoms with Gasteiger partial charge in [0.2, 0.25) is 0 Å². The van der Waals surface area contributed by atoms with Crippen LogP contribution in [0.25, 0.3) is 0 Å². The molecule has 0 saturated heterocycles. The van der Waals surface area contributed by atoms with Crippen molar-refractivity contribution in [1.82, 2.24) is 5.43 Å². The summed E-state index contributed by atoms with van der Waals surface area (Å²) in [4.78, 5) is 0. The first-order chi connectivity index (χ1) is 9.02. The Kier molecular flexibility index (Phi) is 4.42. The fraction of sp³-hybridized carbons (Fsp3) is 0.143. The van der Waals surface area contributed by atoms with Crippen molar-refractivity contribution in [3.8, 4) is 0 Å². The molecule has 0 bridgehead atoms. The minimum atomic E-state index is -0.383. The van der Waals surface area contributed by atoms with Crippen molar-refractivity contribution in [3.05, 3.63) is 69.0 Å². The van der Waals surface area contributed by atoms with E-state index in [9.17, 15) is 4.39 Å². The molecule has 0 aliphatic rings. The molecule has 0 aromatic heterocycles. The normalized spacial score (nSPS) is 12.5. The van der Waals surface area contributed by atoms with E-state index in [1.165, 1.54) is 12.1 Å². The highest BCUT2D eigenvalue weighted by Crippen LogP contribution is 2.30. The lowest BCUT2D eigenvalue weighted by atomic mass is 9.98. The lowest BCUT2D eigenvalue weighted by Gasteiger charge is -2.19. The maximum absolute atomic E-state index is 13.1. The van der Waals surface area contributed by atoms with Crippen LogP contribution < -0.4 is 11.3 Å². The highest BCUT2D eigenvalue weighted by atomic mass is 35.5. The molecule has 0 fully saturated rings. The highest BCUT2D eigenvalue weighted by molar-refractivity contribution is 6.31. The summed E-state index contributed by atoms with van der Waals surface area (Å²) in [5.41, 5.74) is 5.22. The second kappa shape index (κ2) is 5.88. The predicted molar refractivity (Wildman–Crippen MR) is 76.8 cm³/mol. The summed E-state index contributed by atoms with van der Waals surface area (Å²) in [7, 11) is 0. The first kappa shape index (κ1) is 14.3. The van der Waals surface area contributed by atoms with Gasteiger partial charge in [0.1, 0.15) is 5.82 Å². The largest absolute Gasteiger partial charge is 0.271 e. The average Bonchev–Trinajstić information content (AvgIpc) is 2.37. The Morgan fingerprint density at radius 3 is 2.42 bits per heavy atom. The molecule has 3 N–H and O–H groups in total. The van der Waals surface area contributed by atoms with E-state index < -0.39 is 0 Å². The Bertz CT molecular complexity index is 602. The van der Waals surface area contributed by atoms with E-state index in [2.05, 4.69) is 5.43 Å². The van der Waals surface area contributed by atoms with Crippen molar-refractivity contribution in [2.75, 3.05) is 0 Å². The van der Waals surface area contributed by atoms with Crippen molar-refractivity contribution >= 4 is 23.2 Å². The molecular weight excluding hydrogens is 286 g/mol. The van der Waals surface area contributed by atoms with Crippen LogP contribution in [0.15, 0.2) is 36.4 Å². The first-order valence-electron chi connectivity index (χ1n) is 5.70. The third kappa shape index (κ3) is 3.07. The molecule has 0 saturated carbocycles. The predicted octanol–water partition coefficient (Wildman–Crippen LogP) is 3.99. The van der Waals surface area contributed by atoms with Crippen LogP contribution in [0.5, 0.6) is 0 Å². The second-order valence-corrected chi connectivity index (χ2v) is 5.09. The Hall–Kier alpha value is -1.13. The number of benzene rings is 2. The van der Waals surface area contributed by atoms with Gasteiger partial charge in [-0.2, -0.15) is 0 Å². The van der Waals surface area contributed by atoms with Crippen LogP contribution in [0.3, 0.4) is 0 Å². The standard InChI is InChI=1S/C14H13Cl2FN2/c1-8-2-3-9(6-12(8)15)14(19-18)11-5-4-10(17)7-13(11)16/h2-7,14,19H,18H2,1H3. The van der Waals surface area contributed by atoms with Gasteiger partial charge < -0.3 is 0 Å². The molecule has 0 aliphatic heterocycles. The number of nitrogens with two attached hydrogens (primary N) is 1. The van der Waals surface area contributed by atoms with E-state index >= 15 is 0 Å². The van der Waals surface area contributed by atoms with Gasteiger partial charge in [-0.05, 0) is 41.8 Å². The van der Waals surface area contributed by atoms with E-state index in [1.54, 1.807) is 6.07 Å². The molecule has 1 atom stereocenters. The number of halogens is 3. The molecule has 100 valence electrons. The van der Waals surface area contributed by atoms with Gasteiger partial charge in [0, 0.05) is 10.0 Å². The topological polar surface area (TPSA) is 38.0 Å². The molecule has 0 spiro atoms. The second-order valence-electron chi connectivity index (χ2n) is 4.27. The molecular formula is C14H13Cl2FN2. The Morgan fingerprint density at radius 2 is 1.84 bits per heavy atom. The van der Waals surface area contributed by atoms with Gasteiger partial charge in [0.25, 0.3) is 0 Å². The monoisotopic (exact) mass is 298 g/mol. The summed E-state index contributed by atoms with van der Waals surface area (Å²) >= 11 is 12.2.